The van der Waals surface area contributed by atoms with Crippen molar-refractivity contribution in [1.29, 1.82) is 0 Å². The van der Waals surface area contributed by atoms with Crippen molar-refractivity contribution in [1.82, 2.24) is 15.1 Å². The minimum atomic E-state index is 0.0776. The summed E-state index contributed by atoms with van der Waals surface area (Å²) < 4.78 is 0. The molecule has 0 aliphatic carbocycles. The molecule has 0 bridgehead atoms. The Kier molecular flexibility index (Phi) is 3.43. The van der Waals surface area contributed by atoms with E-state index in [4.69, 9.17) is 0 Å². The summed E-state index contributed by atoms with van der Waals surface area (Å²) in [4.78, 5) is 26.7. The Morgan fingerprint density at radius 2 is 1.81 bits per heavy atom. The van der Waals surface area contributed by atoms with Crippen LogP contribution in [-0.4, -0.2) is 60.9 Å². The predicted molar refractivity (Wildman–Crippen MR) is 59.8 cm³/mol. The van der Waals surface area contributed by atoms with Crippen molar-refractivity contribution in [2.24, 2.45) is 5.92 Å². The second kappa shape index (κ2) is 4.82. The van der Waals surface area contributed by atoms with Gasteiger partial charge in [-0.05, 0) is 32.4 Å². The summed E-state index contributed by atoms with van der Waals surface area (Å²) in [5, 5.41) is 3.21. The Balaban J connectivity index is 1.80. The van der Waals surface area contributed by atoms with Crippen molar-refractivity contribution >= 4 is 11.8 Å². The monoisotopic (exact) mass is 225 g/mol. The topological polar surface area (TPSA) is 52.7 Å². The zero-order valence-electron chi connectivity index (χ0n) is 9.74. The normalized spacial score (nSPS) is 22.6. The fourth-order valence-corrected chi connectivity index (χ4v) is 2.09. The first-order valence-corrected chi connectivity index (χ1v) is 5.97. The Morgan fingerprint density at radius 3 is 2.38 bits per heavy atom. The molecule has 0 unspecified atom stereocenters. The molecule has 0 aromatic rings. The number of carbonyl (C=O) groups excluding carboxylic acids is 2. The lowest BCUT2D eigenvalue weighted by Crippen LogP contribution is -2.54. The molecule has 2 saturated heterocycles. The van der Waals surface area contributed by atoms with Crippen LogP contribution in [0.4, 0.5) is 0 Å². The molecule has 0 radical (unpaired) electrons. The lowest BCUT2D eigenvalue weighted by molar-refractivity contribution is -0.150. The Labute approximate surface area is 95.8 Å². The van der Waals surface area contributed by atoms with E-state index in [2.05, 4.69) is 5.32 Å². The average molecular weight is 225 g/mol. The van der Waals surface area contributed by atoms with Gasteiger partial charge >= 0.3 is 0 Å². The highest BCUT2D eigenvalue weighted by atomic mass is 16.2. The van der Waals surface area contributed by atoms with Crippen LogP contribution in [0.15, 0.2) is 0 Å². The van der Waals surface area contributed by atoms with Crippen LogP contribution in [0.1, 0.15) is 13.3 Å². The summed E-state index contributed by atoms with van der Waals surface area (Å²) in [5.74, 6) is 0.856. The van der Waals surface area contributed by atoms with Crippen LogP contribution >= 0.6 is 0 Å². The van der Waals surface area contributed by atoms with Crippen LogP contribution in [0, 0.1) is 5.92 Å². The molecular formula is C11H19N3O2. The highest BCUT2D eigenvalue weighted by Gasteiger charge is 2.29. The van der Waals surface area contributed by atoms with Crippen molar-refractivity contribution < 1.29 is 9.59 Å². The molecule has 2 amide bonds. The van der Waals surface area contributed by atoms with Crippen LogP contribution in [0.3, 0.4) is 0 Å². The Bertz CT molecular complexity index is 289. The van der Waals surface area contributed by atoms with Crippen molar-refractivity contribution in [2.45, 2.75) is 13.3 Å². The molecule has 2 fully saturated rings. The predicted octanol–water partition coefficient (Wildman–Crippen LogP) is -0.713. The van der Waals surface area contributed by atoms with E-state index < -0.39 is 0 Å². The molecule has 0 aromatic heterocycles. The molecular weight excluding hydrogens is 206 g/mol. The van der Waals surface area contributed by atoms with Crippen molar-refractivity contribution in [3.63, 3.8) is 0 Å². The van der Waals surface area contributed by atoms with Gasteiger partial charge < -0.3 is 15.1 Å². The van der Waals surface area contributed by atoms with E-state index in [1.165, 1.54) is 0 Å². The third-order valence-corrected chi connectivity index (χ3v) is 3.41. The van der Waals surface area contributed by atoms with Crippen LogP contribution in [0.25, 0.3) is 0 Å². The minimum absolute atomic E-state index is 0.0776. The number of likely N-dealkylation sites (N-methyl/N-ethyl adjacent to an activating group) is 1. The Morgan fingerprint density at radius 1 is 1.19 bits per heavy atom. The van der Waals surface area contributed by atoms with Crippen molar-refractivity contribution in [3.05, 3.63) is 0 Å². The molecule has 0 atom stereocenters. The number of hydrogen-bond acceptors (Lipinski definition) is 3. The maximum atomic E-state index is 11.7. The number of rotatable bonds is 4. The fraction of sp³-hybridized carbons (Fsp3) is 0.818. The van der Waals surface area contributed by atoms with Crippen LogP contribution < -0.4 is 5.32 Å². The maximum Gasteiger partial charge on any atom is 0.242 e. The average Bonchev–Trinajstić information content (AvgIpc) is 2.20. The third kappa shape index (κ3) is 2.35. The standard InChI is InChI=1S/C11H19N3O2/c1-2-13-7-11(16)14(8-10(13)15)4-3-9-5-12-6-9/h9,12H,2-8H2,1H3. The smallest absolute Gasteiger partial charge is 0.242 e. The molecule has 0 saturated carbocycles. The quantitative estimate of drug-likeness (QED) is 0.687. The molecule has 16 heavy (non-hydrogen) atoms. The lowest BCUT2D eigenvalue weighted by atomic mass is 9.99. The van der Waals surface area contributed by atoms with Crippen LogP contribution in [0.2, 0.25) is 0 Å². The van der Waals surface area contributed by atoms with Gasteiger partial charge in [-0.2, -0.15) is 0 Å². The van der Waals surface area contributed by atoms with Crippen LogP contribution in [-0.2, 0) is 9.59 Å². The molecule has 5 nitrogen and oxygen atoms in total. The number of piperazine rings is 1. The molecule has 2 aliphatic heterocycles. The minimum Gasteiger partial charge on any atom is -0.332 e. The number of amides is 2. The molecule has 1 N–H and O–H groups in total. The summed E-state index contributed by atoms with van der Waals surface area (Å²) in [6, 6.07) is 0. The second-order valence-corrected chi connectivity index (χ2v) is 4.54. The maximum absolute atomic E-state index is 11.7. The summed E-state index contributed by atoms with van der Waals surface area (Å²) in [6.45, 7) is 5.90. The van der Waals surface area contributed by atoms with Crippen molar-refractivity contribution in [3.8, 4) is 0 Å². The van der Waals surface area contributed by atoms with Crippen molar-refractivity contribution in [2.75, 3.05) is 39.3 Å². The van der Waals surface area contributed by atoms with Gasteiger partial charge in [-0.1, -0.05) is 0 Å². The first-order valence-electron chi connectivity index (χ1n) is 5.97. The zero-order chi connectivity index (χ0) is 11.5. The van der Waals surface area contributed by atoms with Gasteiger partial charge in [0.05, 0.1) is 13.1 Å². The number of carbonyl (C=O) groups is 2. The van der Waals surface area contributed by atoms with E-state index in [0.717, 1.165) is 26.1 Å². The summed E-state index contributed by atoms with van der Waals surface area (Å²) in [6.07, 6.45) is 1.01. The molecule has 2 heterocycles. The van der Waals surface area contributed by atoms with Gasteiger partial charge in [-0.15, -0.1) is 0 Å². The number of hydrogen-bond donors (Lipinski definition) is 1. The first kappa shape index (κ1) is 11.4. The van der Waals surface area contributed by atoms with Gasteiger partial charge in [0, 0.05) is 13.1 Å². The summed E-state index contributed by atoms with van der Waals surface area (Å²) in [7, 11) is 0. The van der Waals surface area contributed by atoms with Gasteiger partial charge in [0.25, 0.3) is 0 Å². The van der Waals surface area contributed by atoms with E-state index in [0.29, 0.717) is 12.5 Å². The van der Waals surface area contributed by atoms with E-state index >= 15 is 0 Å². The number of nitrogens with zero attached hydrogens (tertiary/aromatic N) is 2. The molecule has 0 spiro atoms. The lowest BCUT2D eigenvalue weighted by Gasteiger charge is -2.35. The third-order valence-electron chi connectivity index (χ3n) is 3.41. The van der Waals surface area contributed by atoms with Gasteiger partial charge in [0.2, 0.25) is 11.8 Å². The largest absolute Gasteiger partial charge is 0.332 e. The van der Waals surface area contributed by atoms with Gasteiger partial charge in [-0.25, -0.2) is 0 Å². The molecule has 0 aromatic carbocycles. The zero-order valence-corrected chi connectivity index (χ0v) is 9.74. The van der Waals surface area contributed by atoms with Gasteiger partial charge in [0.15, 0.2) is 0 Å². The summed E-state index contributed by atoms with van der Waals surface area (Å²) >= 11 is 0. The molecule has 2 rings (SSSR count). The van der Waals surface area contributed by atoms with E-state index in [1.54, 1.807) is 9.80 Å². The first-order chi connectivity index (χ1) is 7.70. The van der Waals surface area contributed by atoms with Gasteiger partial charge in [-0.3, -0.25) is 9.59 Å². The summed E-state index contributed by atoms with van der Waals surface area (Å²) in [5.41, 5.74) is 0. The fourth-order valence-electron chi connectivity index (χ4n) is 2.09. The number of nitrogens with one attached hydrogen (secondary N) is 1. The van der Waals surface area contributed by atoms with E-state index in [9.17, 15) is 9.59 Å². The van der Waals surface area contributed by atoms with Crippen LogP contribution in [0.5, 0.6) is 0 Å². The highest BCUT2D eigenvalue weighted by molar-refractivity contribution is 5.92. The highest BCUT2D eigenvalue weighted by Crippen LogP contribution is 2.11. The SMILES string of the molecule is CCN1CC(=O)N(CCC2CNC2)CC1=O. The second-order valence-electron chi connectivity index (χ2n) is 4.54. The van der Waals surface area contributed by atoms with Gasteiger partial charge in [0.1, 0.15) is 0 Å². The molecule has 90 valence electrons. The van der Waals surface area contributed by atoms with E-state index in [1.807, 2.05) is 6.92 Å². The molecule has 5 heteroatoms. The van der Waals surface area contributed by atoms with E-state index in [-0.39, 0.29) is 24.9 Å². The molecule has 2 aliphatic rings. The Hall–Kier alpha value is -1.10.